The SMILES string of the molecule is CCCNc1ncc([N+](=O)[O-])c(-c2cccc(C)c2)n1. The number of anilines is 1. The Labute approximate surface area is 117 Å². The van der Waals surface area contributed by atoms with Crippen LogP contribution < -0.4 is 5.32 Å². The number of hydrogen-bond acceptors (Lipinski definition) is 5. The van der Waals surface area contributed by atoms with E-state index in [1.54, 1.807) is 0 Å². The molecule has 104 valence electrons. The van der Waals surface area contributed by atoms with E-state index < -0.39 is 4.92 Å². The van der Waals surface area contributed by atoms with E-state index in [1.807, 2.05) is 38.1 Å². The van der Waals surface area contributed by atoms with Crippen LogP contribution in [-0.4, -0.2) is 21.4 Å². The molecule has 6 heteroatoms. The first kappa shape index (κ1) is 13.9. The van der Waals surface area contributed by atoms with E-state index in [2.05, 4.69) is 15.3 Å². The summed E-state index contributed by atoms with van der Waals surface area (Å²) in [6, 6.07) is 7.48. The highest BCUT2D eigenvalue weighted by Gasteiger charge is 2.18. The monoisotopic (exact) mass is 272 g/mol. The molecule has 0 aliphatic carbocycles. The maximum absolute atomic E-state index is 11.1. The highest BCUT2D eigenvalue weighted by Crippen LogP contribution is 2.28. The van der Waals surface area contributed by atoms with Crippen LogP contribution in [0.1, 0.15) is 18.9 Å². The molecular weight excluding hydrogens is 256 g/mol. The van der Waals surface area contributed by atoms with Crippen LogP contribution >= 0.6 is 0 Å². The van der Waals surface area contributed by atoms with Gasteiger partial charge in [0.1, 0.15) is 6.20 Å². The summed E-state index contributed by atoms with van der Waals surface area (Å²) in [5, 5.41) is 14.2. The molecule has 0 aliphatic heterocycles. The van der Waals surface area contributed by atoms with E-state index in [4.69, 9.17) is 0 Å². The normalized spacial score (nSPS) is 10.3. The van der Waals surface area contributed by atoms with Gasteiger partial charge in [0.15, 0.2) is 5.69 Å². The molecule has 0 unspecified atom stereocenters. The molecule has 0 radical (unpaired) electrons. The molecule has 1 heterocycles. The topological polar surface area (TPSA) is 81.0 Å². The minimum atomic E-state index is -0.457. The highest BCUT2D eigenvalue weighted by molar-refractivity contribution is 5.70. The van der Waals surface area contributed by atoms with E-state index in [9.17, 15) is 10.1 Å². The number of benzene rings is 1. The Morgan fingerprint density at radius 3 is 2.85 bits per heavy atom. The largest absolute Gasteiger partial charge is 0.354 e. The number of hydrogen-bond donors (Lipinski definition) is 1. The highest BCUT2D eigenvalue weighted by atomic mass is 16.6. The molecule has 6 nitrogen and oxygen atoms in total. The Hall–Kier alpha value is -2.50. The lowest BCUT2D eigenvalue weighted by atomic mass is 10.1. The van der Waals surface area contributed by atoms with Crippen molar-refractivity contribution in [2.24, 2.45) is 0 Å². The predicted molar refractivity (Wildman–Crippen MR) is 77.6 cm³/mol. The van der Waals surface area contributed by atoms with Gasteiger partial charge in [-0.05, 0) is 19.4 Å². The molecule has 2 rings (SSSR count). The number of aryl methyl sites for hydroxylation is 1. The average molecular weight is 272 g/mol. The van der Waals surface area contributed by atoms with E-state index >= 15 is 0 Å². The molecule has 0 spiro atoms. The van der Waals surface area contributed by atoms with E-state index in [0.29, 0.717) is 11.6 Å². The molecule has 0 atom stereocenters. The van der Waals surface area contributed by atoms with Gasteiger partial charge in [-0.15, -0.1) is 0 Å². The molecular formula is C14H16N4O2. The summed E-state index contributed by atoms with van der Waals surface area (Å²) in [4.78, 5) is 18.9. The number of rotatable bonds is 5. The van der Waals surface area contributed by atoms with Crippen LogP contribution in [0.3, 0.4) is 0 Å². The van der Waals surface area contributed by atoms with Crippen LogP contribution in [0.25, 0.3) is 11.3 Å². The number of nitrogens with zero attached hydrogens (tertiary/aromatic N) is 3. The lowest BCUT2D eigenvalue weighted by Gasteiger charge is -2.07. The minimum Gasteiger partial charge on any atom is -0.354 e. The Morgan fingerprint density at radius 2 is 2.20 bits per heavy atom. The summed E-state index contributed by atoms with van der Waals surface area (Å²) in [5.41, 5.74) is 2.00. The van der Waals surface area contributed by atoms with E-state index in [1.165, 1.54) is 6.20 Å². The van der Waals surface area contributed by atoms with Gasteiger partial charge in [0, 0.05) is 12.1 Å². The maximum Gasteiger partial charge on any atom is 0.313 e. The lowest BCUT2D eigenvalue weighted by molar-refractivity contribution is -0.384. The van der Waals surface area contributed by atoms with Crippen molar-refractivity contribution in [3.8, 4) is 11.3 Å². The van der Waals surface area contributed by atoms with Gasteiger partial charge in [0.05, 0.1) is 4.92 Å². The molecule has 1 aromatic heterocycles. The Balaban J connectivity index is 2.49. The Kier molecular flexibility index (Phi) is 4.24. The van der Waals surface area contributed by atoms with Gasteiger partial charge >= 0.3 is 5.69 Å². The van der Waals surface area contributed by atoms with E-state index in [0.717, 1.165) is 24.1 Å². The summed E-state index contributed by atoms with van der Waals surface area (Å²) in [6.45, 7) is 4.69. The smallest absolute Gasteiger partial charge is 0.313 e. The van der Waals surface area contributed by atoms with Gasteiger partial charge < -0.3 is 5.32 Å². The van der Waals surface area contributed by atoms with Crippen molar-refractivity contribution in [1.82, 2.24) is 9.97 Å². The van der Waals surface area contributed by atoms with Crippen LogP contribution in [0.15, 0.2) is 30.5 Å². The standard InChI is InChI=1S/C14H16N4O2/c1-3-7-15-14-16-9-12(18(19)20)13(17-14)11-6-4-5-10(2)8-11/h4-6,8-9H,3,7H2,1-2H3,(H,15,16,17). The number of aromatic nitrogens is 2. The fourth-order valence-corrected chi connectivity index (χ4v) is 1.84. The Bertz CT molecular complexity index is 628. The molecule has 0 aliphatic rings. The van der Waals surface area contributed by atoms with Crippen LogP contribution in [0.2, 0.25) is 0 Å². The third-order valence-corrected chi connectivity index (χ3v) is 2.79. The van der Waals surface area contributed by atoms with Gasteiger partial charge in [-0.3, -0.25) is 10.1 Å². The van der Waals surface area contributed by atoms with Crippen molar-refractivity contribution in [1.29, 1.82) is 0 Å². The Morgan fingerprint density at radius 1 is 1.40 bits per heavy atom. The third kappa shape index (κ3) is 3.09. The van der Waals surface area contributed by atoms with Crippen molar-refractivity contribution >= 4 is 11.6 Å². The van der Waals surface area contributed by atoms with Gasteiger partial charge in [0.25, 0.3) is 0 Å². The maximum atomic E-state index is 11.1. The predicted octanol–water partition coefficient (Wildman–Crippen LogP) is 3.18. The quantitative estimate of drug-likeness (QED) is 0.667. The zero-order valence-corrected chi connectivity index (χ0v) is 11.5. The summed E-state index contributed by atoms with van der Waals surface area (Å²) in [5.74, 6) is 0.411. The first-order chi connectivity index (χ1) is 9.61. The number of nitrogens with one attached hydrogen (secondary N) is 1. The number of nitro groups is 1. The average Bonchev–Trinajstić information content (AvgIpc) is 2.44. The molecule has 0 saturated carbocycles. The zero-order valence-electron chi connectivity index (χ0n) is 11.5. The summed E-state index contributed by atoms with van der Waals surface area (Å²) in [6.07, 6.45) is 2.18. The van der Waals surface area contributed by atoms with Crippen molar-refractivity contribution in [2.75, 3.05) is 11.9 Å². The van der Waals surface area contributed by atoms with Crippen molar-refractivity contribution in [3.63, 3.8) is 0 Å². The van der Waals surface area contributed by atoms with Gasteiger partial charge in [-0.1, -0.05) is 30.7 Å². The first-order valence-electron chi connectivity index (χ1n) is 6.44. The fraction of sp³-hybridized carbons (Fsp3) is 0.286. The fourth-order valence-electron chi connectivity index (χ4n) is 1.84. The minimum absolute atomic E-state index is 0.0855. The molecule has 0 bridgehead atoms. The lowest BCUT2D eigenvalue weighted by Crippen LogP contribution is -2.06. The van der Waals surface area contributed by atoms with Gasteiger partial charge in [-0.2, -0.15) is 0 Å². The molecule has 1 N–H and O–H groups in total. The van der Waals surface area contributed by atoms with Gasteiger partial charge in [0.2, 0.25) is 5.95 Å². The molecule has 1 aromatic carbocycles. The summed E-state index contributed by atoms with van der Waals surface area (Å²) >= 11 is 0. The third-order valence-electron chi connectivity index (χ3n) is 2.79. The molecule has 2 aromatic rings. The van der Waals surface area contributed by atoms with Crippen LogP contribution in [0.5, 0.6) is 0 Å². The van der Waals surface area contributed by atoms with E-state index in [-0.39, 0.29) is 5.69 Å². The van der Waals surface area contributed by atoms with Crippen LogP contribution in [0, 0.1) is 17.0 Å². The van der Waals surface area contributed by atoms with Gasteiger partial charge in [-0.25, -0.2) is 9.97 Å². The second-order valence-corrected chi connectivity index (χ2v) is 4.48. The molecule has 0 fully saturated rings. The second-order valence-electron chi connectivity index (χ2n) is 4.48. The van der Waals surface area contributed by atoms with Crippen molar-refractivity contribution in [2.45, 2.75) is 20.3 Å². The molecule has 20 heavy (non-hydrogen) atoms. The zero-order chi connectivity index (χ0) is 14.5. The first-order valence-corrected chi connectivity index (χ1v) is 6.44. The van der Waals surface area contributed by atoms with Crippen molar-refractivity contribution < 1.29 is 4.92 Å². The summed E-state index contributed by atoms with van der Waals surface area (Å²) in [7, 11) is 0. The second kappa shape index (κ2) is 6.10. The summed E-state index contributed by atoms with van der Waals surface area (Å²) < 4.78 is 0. The molecule has 0 amide bonds. The van der Waals surface area contributed by atoms with Crippen LogP contribution in [0.4, 0.5) is 11.6 Å². The molecule has 0 saturated heterocycles. The van der Waals surface area contributed by atoms with Crippen molar-refractivity contribution in [3.05, 3.63) is 46.1 Å². The van der Waals surface area contributed by atoms with Crippen LogP contribution in [-0.2, 0) is 0 Å².